The summed E-state index contributed by atoms with van der Waals surface area (Å²) in [5.41, 5.74) is 0. The van der Waals surface area contributed by atoms with E-state index in [1.54, 1.807) is 0 Å². The standard InChI is InChI=1S/CClN3S.5ClH.Ir/c2-1-3-4-5-6-1;;;;;;/h;5*1H;/q;;;;;;+5/p-5. The van der Waals surface area contributed by atoms with E-state index in [-0.39, 0.29) is 0 Å². The summed E-state index contributed by atoms with van der Waals surface area (Å²) in [5.74, 6) is 0. The summed E-state index contributed by atoms with van der Waals surface area (Å²) >= 11 is 6.31. The van der Waals surface area contributed by atoms with Crippen molar-refractivity contribution < 1.29 is 9.02 Å². The fraction of sp³-hybridized carbons (Fsp3) is 0. The number of aromatic nitrogens is 3. The Kier molecular flexibility index (Phi) is 5.90. The Hall–Kier alpha value is 1.88. The van der Waals surface area contributed by atoms with Crippen LogP contribution in [-0.4, -0.2) is 14.8 Å². The van der Waals surface area contributed by atoms with Gasteiger partial charge in [-0.3, -0.25) is 0 Å². The van der Waals surface area contributed by atoms with E-state index in [9.17, 15) is 0 Å². The van der Waals surface area contributed by atoms with Gasteiger partial charge in [0.1, 0.15) is 0 Å². The summed E-state index contributed by atoms with van der Waals surface area (Å²) in [6, 6.07) is 0. The van der Waals surface area contributed by atoms with Crippen molar-refractivity contribution in [2.75, 3.05) is 0 Å². The van der Waals surface area contributed by atoms with Gasteiger partial charge in [0.15, 0.2) is 0 Å². The molecule has 0 aliphatic carbocycles. The van der Waals surface area contributed by atoms with Crippen LogP contribution in [0.5, 0.6) is 0 Å². The predicted molar refractivity (Wildman–Crippen MR) is 52.0 cm³/mol. The Morgan fingerprint density at radius 2 is 1.50 bits per heavy atom. The van der Waals surface area contributed by atoms with E-state index in [1.807, 2.05) is 0 Å². The maximum absolute atomic E-state index is 5.24. The minimum atomic E-state index is -4.24. The molecule has 1 aromatic rings. The van der Waals surface area contributed by atoms with Crippen LogP contribution in [0.2, 0.25) is 4.47 Å². The normalized spacial score (nSPS) is 14.0. The molecule has 0 radical (unpaired) electrons. The van der Waals surface area contributed by atoms with Crippen molar-refractivity contribution in [1.29, 1.82) is 0 Å². The average molecular weight is 491 g/mol. The first-order valence-corrected chi connectivity index (χ1v) is 17.8. The fourth-order valence-corrected chi connectivity index (χ4v) is 0.463. The molecule has 1 rings (SSSR count). The van der Waals surface area contributed by atoms with E-state index in [4.69, 9.17) is 59.5 Å². The average Bonchev–Trinajstić information content (AvgIpc) is 2.09. The molecule has 0 bridgehead atoms. The molecule has 0 N–H and O–H groups in total. The first kappa shape index (κ1) is 13.9. The van der Waals surface area contributed by atoms with Crippen LogP contribution in [0.25, 0.3) is 0 Å². The van der Waals surface area contributed by atoms with Gasteiger partial charge >= 0.3 is 56.9 Å². The zero-order chi connectivity index (χ0) is 9.85. The molecular weight excluding hydrogens is 491 g/mol. The number of halogens is 6. The summed E-state index contributed by atoms with van der Waals surface area (Å²) in [6.45, 7) is 0. The molecule has 76 valence electrons. The van der Waals surface area contributed by atoms with Crippen LogP contribution in [-0.2, 0) is 9.02 Å². The van der Waals surface area contributed by atoms with E-state index in [0.29, 0.717) is 4.47 Å². The molecule has 1 heterocycles. The Morgan fingerprint density at radius 1 is 1.08 bits per heavy atom. The SMILES string of the molecule is Clc1nnns1.[Cl][Ir]([Cl])([Cl])([Cl])[Cl]. The second-order valence-electron chi connectivity index (χ2n) is 1.09. The van der Waals surface area contributed by atoms with Gasteiger partial charge < -0.3 is 0 Å². The predicted octanol–water partition coefficient (Wildman–Crippen LogP) is 4.03. The molecule has 11 heteroatoms. The minimum absolute atomic E-state index is 0.384. The Bertz CT molecular complexity index is 210. The van der Waals surface area contributed by atoms with E-state index < -0.39 is 9.02 Å². The van der Waals surface area contributed by atoms with Crippen molar-refractivity contribution in [2.45, 2.75) is 0 Å². The van der Waals surface area contributed by atoms with Crippen molar-refractivity contribution in [2.24, 2.45) is 0 Å². The van der Waals surface area contributed by atoms with Crippen LogP contribution in [0, 0.1) is 0 Å². The number of hydrogen-bond acceptors (Lipinski definition) is 4. The quantitative estimate of drug-likeness (QED) is 0.551. The van der Waals surface area contributed by atoms with Crippen molar-refractivity contribution in [1.82, 2.24) is 14.8 Å². The molecular formula is CCl6IrN3S. The summed E-state index contributed by atoms with van der Waals surface area (Å²) in [4.78, 5) is 0. The number of nitrogens with zero attached hydrogens (tertiary/aromatic N) is 3. The van der Waals surface area contributed by atoms with Gasteiger partial charge in [-0.1, -0.05) is 4.49 Å². The van der Waals surface area contributed by atoms with Gasteiger partial charge in [0.05, 0.1) is 0 Å². The van der Waals surface area contributed by atoms with Crippen LogP contribution in [0.4, 0.5) is 0 Å². The van der Waals surface area contributed by atoms with E-state index in [0.717, 1.165) is 11.5 Å². The third-order valence-corrected chi connectivity index (χ3v) is 0.946. The van der Waals surface area contributed by atoms with Crippen molar-refractivity contribution in [3.05, 3.63) is 4.47 Å². The second kappa shape index (κ2) is 5.10. The van der Waals surface area contributed by atoms with E-state index in [1.165, 1.54) is 0 Å². The molecule has 0 saturated carbocycles. The molecule has 0 aliphatic rings. The Balaban J connectivity index is 0.000000202. The second-order valence-corrected chi connectivity index (χ2v) is 37.0. The summed E-state index contributed by atoms with van der Waals surface area (Å²) < 4.78 is 3.75. The number of rotatable bonds is 0. The van der Waals surface area contributed by atoms with Crippen LogP contribution < -0.4 is 0 Å². The summed E-state index contributed by atoms with van der Waals surface area (Å²) in [5, 5.41) is 6.55. The molecule has 0 amide bonds. The van der Waals surface area contributed by atoms with E-state index in [2.05, 4.69) is 14.8 Å². The third kappa shape index (κ3) is 17.8. The molecule has 0 spiro atoms. The maximum atomic E-state index is 5.24. The molecule has 12 heavy (non-hydrogen) atoms. The molecule has 3 nitrogen and oxygen atoms in total. The molecule has 0 fully saturated rings. The van der Waals surface area contributed by atoms with Gasteiger partial charge in [-0.2, -0.15) is 0 Å². The Morgan fingerprint density at radius 3 is 1.58 bits per heavy atom. The van der Waals surface area contributed by atoms with Gasteiger partial charge in [0, 0.05) is 11.5 Å². The molecule has 0 saturated heterocycles. The van der Waals surface area contributed by atoms with Crippen LogP contribution in [0.1, 0.15) is 0 Å². The summed E-state index contributed by atoms with van der Waals surface area (Å²) in [7, 11) is 21.0. The number of hydrogen-bond donors (Lipinski definition) is 0. The molecule has 0 aliphatic heterocycles. The first-order valence-electron chi connectivity index (χ1n) is 1.83. The molecule has 0 unspecified atom stereocenters. The third-order valence-electron chi connectivity index (χ3n) is 0.276. The molecule has 0 atom stereocenters. The topological polar surface area (TPSA) is 38.7 Å². The fourth-order valence-electron chi connectivity index (χ4n) is 0.124. The zero-order valence-electron chi connectivity index (χ0n) is 4.85. The first-order chi connectivity index (χ1) is 5.13. The summed E-state index contributed by atoms with van der Waals surface area (Å²) in [6.07, 6.45) is 0. The van der Waals surface area contributed by atoms with Crippen LogP contribution in [0.3, 0.4) is 0 Å². The monoisotopic (exact) mass is 489 g/mol. The van der Waals surface area contributed by atoms with Crippen LogP contribution in [0.15, 0.2) is 0 Å². The van der Waals surface area contributed by atoms with Crippen molar-refractivity contribution in [3.8, 4) is 0 Å². The molecule has 0 aromatic carbocycles. The molecule has 1 aromatic heterocycles. The van der Waals surface area contributed by atoms with Crippen molar-refractivity contribution >= 4 is 71.1 Å². The van der Waals surface area contributed by atoms with Gasteiger partial charge in [-0.15, -0.1) is 5.10 Å². The van der Waals surface area contributed by atoms with Gasteiger partial charge in [-0.05, 0) is 16.8 Å². The Labute approximate surface area is 98.2 Å². The zero-order valence-corrected chi connectivity index (χ0v) is 12.6. The van der Waals surface area contributed by atoms with Crippen molar-refractivity contribution in [3.63, 3.8) is 0 Å². The van der Waals surface area contributed by atoms with E-state index >= 15 is 0 Å². The van der Waals surface area contributed by atoms with Crippen LogP contribution >= 0.6 is 71.1 Å². The van der Waals surface area contributed by atoms with Gasteiger partial charge in [-0.25, -0.2) is 0 Å². The van der Waals surface area contributed by atoms with Gasteiger partial charge in [0.25, 0.3) is 0 Å². The van der Waals surface area contributed by atoms with Gasteiger partial charge in [0.2, 0.25) is 4.47 Å².